The van der Waals surface area contributed by atoms with Crippen LogP contribution in [0.25, 0.3) is 11.3 Å². The van der Waals surface area contributed by atoms with Gasteiger partial charge in [-0.15, -0.1) is 0 Å². The lowest BCUT2D eigenvalue weighted by Crippen LogP contribution is -2.35. The number of esters is 1. The van der Waals surface area contributed by atoms with Crippen molar-refractivity contribution in [3.05, 3.63) is 122 Å². The Morgan fingerprint density at radius 2 is 1.14 bits per heavy atom. The van der Waals surface area contributed by atoms with E-state index >= 15 is 0 Å². The predicted octanol–water partition coefficient (Wildman–Crippen LogP) is 8.50. The number of hydrogen-bond donors (Lipinski definition) is 3. The van der Waals surface area contributed by atoms with E-state index in [4.69, 9.17) is 18.9 Å². The number of hydrazine groups is 1. The molecule has 0 atom stereocenters. The summed E-state index contributed by atoms with van der Waals surface area (Å²) in [6, 6.07) is 27.5. The van der Waals surface area contributed by atoms with Gasteiger partial charge in [0, 0.05) is 32.7 Å². The van der Waals surface area contributed by atoms with Gasteiger partial charge in [-0.3, -0.25) is 35.5 Å². The fourth-order valence-corrected chi connectivity index (χ4v) is 6.56. The van der Waals surface area contributed by atoms with Crippen molar-refractivity contribution in [2.75, 3.05) is 27.9 Å². The average molecular weight is 999 g/mol. The summed E-state index contributed by atoms with van der Waals surface area (Å²) in [5.74, 6) is 9.01. The van der Waals surface area contributed by atoms with Crippen LogP contribution in [0.15, 0.2) is 99.9 Å². The number of methoxy groups -OCH3 is 3. The zero-order valence-electron chi connectivity index (χ0n) is 37.4. The number of aliphatic hydroxyl groups excluding tert-OH is 1. The number of hydrogen-bond acceptors (Lipinski definition) is 13. The second-order valence-corrected chi connectivity index (χ2v) is 16.2. The van der Waals surface area contributed by atoms with Gasteiger partial charge < -0.3 is 28.8 Å². The van der Waals surface area contributed by atoms with Gasteiger partial charge in [-0.1, -0.05) is 51.8 Å². The summed E-state index contributed by atoms with van der Waals surface area (Å²) in [7, 11) is 6.26. The number of aliphatic hydroxyl groups is 1. The van der Waals surface area contributed by atoms with Gasteiger partial charge in [0.2, 0.25) is 0 Å². The zero-order chi connectivity index (χ0) is 47.5. The molecule has 0 unspecified atom stereocenters. The molecule has 0 aliphatic carbocycles. The fourth-order valence-electron chi connectivity index (χ4n) is 5.75. The van der Waals surface area contributed by atoms with E-state index in [0.29, 0.717) is 34.9 Å². The fraction of sp³-hybridized carbons (Fsp3) is 0.340. The molecule has 0 saturated heterocycles. The van der Waals surface area contributed by atoms with E-state index in [1.807, 2.05) is 69.4 Å². The minimum absolute atomic E-state index is 0.140. The summed E-state index contributed by atoms with van der Waals surface area (Å²) in [4.78, 5) is 49.3. The molecular weight excluding hydrogens is 940 g/mol. The van der Waals surface area contributed by atoms with Gasteiger partial charge in [0.25, 0.3) is 0 Å². The molecule has 0 saturated carbocycles. The minimum Gasteiger partial charge on any atom is -0.497 e. The number of ketones is 3. The van der Waals surface area contributed by atoms with Crippen LogP contribution in [-0.2, 0) is 44.8 Å². The molecule has 340 valence electrons. The molecule has 0 spiro atoms. The lowest BCUT2D eigenvalue weighted by atomic mass is 9.84. The predicted molar refractivity (Wildman–Crippen MR) is 250 cm³/mol. The molecule has 4 aromatic carbocycles. The topological polar surface area (TPSA) is 205 Å². The lowest BCUT2D eigenvalue weighted by molar-refractivity contribution is -0.155. The van der Waals surface area contributed by atoms with Gasteiger partial charge in [0.15, 0.2) is 17.3 Å². The Morgan fingerprint density at radius 3 is 1.62 bits per heavy atom. The van der Waals surface area contributed by atoms with E-state index in [1.54, 1.807) is 75.2 Å². The number of benzene rings is 4. The zero-order valence-corrected chi connectivity index (χ0v) is 40.6. The normalized spacial score (nSPS) is 10.7. The van der Waals surface area contributed by atoms with Crippen molar-refractivity contribution < 1.29 is 48.0 Å². The maximum absolute atomic E-state index is 12.8. The number of nitrogens with two attached hydrogens (primary N) is 2. The van der Waals surface area contributed by atoms with Crippen molar-refractivity contribution in [1.29, 1.82) is 0 Å². The van der Waals surface area contributed by atoms with E-state index in [-0.39, 0.29) is 18.2 Å². The van der Waals surface area contributed by atoms with E-state index in [0.717, 1.165) is 37.3 Å². The molecule has 0 fully saturated rings. The van der Waals surface area contributed by atoms with Crippen LogP contribution in [0.2, 0.25) is 0 Å². The number of rotatable bonds is 17. The van der Waals surface area contributed by atoms with Crippen molar-refractivity contribution in [2.24, 2.45) is 24.1 Å². The Hall–Kier alpha value is -5.39. The Bertz CT molecular complexity index is 2280. The summed E-state index contributed by atoms with van der Waals surface area (Å²) in [5.41, 5.74) is 2.15. The van der Waals surface area contributed by atoms with E-state index in [1.165, 1.54) is 21.0 Å². The van der Waals surface area contributed by atoms with Crippen LogP contribution in [0.1, 0.15) is 75.1 Å². The van der Waals surface area contributed by atoms with Gasteiger partial charge in [0.05, 0.1) is 44.6 Å². The van der Waals surface area contributed by atoms with Crippen LogP contribution in [0.5, 0.6) is 23.0 Å². The van der Waals surface area contributed by atoms with Crippen LogP contribution in [-0.4, -0.2) is 66.1 Å². The molecule has 5 rings (SSSR count). The summed E-state index contributed by atoms with van der Waals surface area (Å²) in [6.07, 6.45) is -0.404. The summed E-state index contributed by atoms with van der Waals surface area (Å²) in [5, 5.41) is 13.8. The highest BCUT2D eigenvalue weighted by molar-refractivity contribution is 9.10. The Kier molecular flexibility index (Phi) is 21.9. The molecule has 0 amide bonds. The molecule has 0 aliphatic rings. The quantitative estimate of drug-likeness (QED) is 0.0263. The van der Waals surface area contributed by atoms with Gasteiger partial charge in [-0.05, 0) is 118 Å². The molecule has 0 bridgehead atoms. The number of aryl methyl sites for hydroxylation is 1. The number of Topliss-reactive ketones (excluding diaryl/α,β-unsaturated/α-hetero) is 3. The molecule has 16 heteroatoms. The number of carbonyl (C=O) groups is 4. The van der Waals surface area contributed by atoms with Crippen LogP contribution >= 0.6 is 31.9 Å². The maximum Gasteiger partial charge on any atom is 0.318 e. The summed E-state index contributed by atoms with van der Waals surface area (Å²) < 4.78 is 30.2. The number of nitrogens with zero attached hydrogens (tertiary/aromatic N) is 2. The second kappa shape index (κ2) is 25.7. The Labute approximate surface area is 386 Å². The third-order valence-electron chi connectivity index (χ3n) is 9.69. The van der Waals surface area contributed by atoms with Crippen molar-refractivity contribution >= 4 is 55.2 Å². The molecular formula is C47H58Br2N4O10. The van der Waals surface area contributed by atoms with Gasteiger partial charge in [-0.25, -0.2) is 0 Å². The third kappa shape index (κ3) is 14.9. The number of halogens is 2. The Morgan fingerprint density at radius 1 is 0.683 bits per heavy atom. The first-order valence-electron chi connectivity index (χ1n) is 19.7. The summed E-state index contributed by atoms with van der Waals surface area (Å²) in [6.45, 7) is 10.4. The SMILES string of the molecule is CC.COC(=O)C(C)(C)C(=O)CC(=O)c1ccc(Br)cc1COc1ccc(OC)cc1.COc1ccc(OCc2cc(Br)ccc2-c2cc(C(C)(C)C(=O)CO)nn2C)cc1.NN. The molecule has 5 N–H and O–H groups in total. The van der Waals surface area contributed by atoms with E-state index in [2.05, 4.69) is 53.4 Å². The minimum atomic E-state index is -1.39. The van der Waals surface area contributed by atoms with Gasteiger partial charge in [-0.2, -0.15) is 5.10 Å². The first-order chi connectivity index (χ1) is 29.9. The standard InChI is InChI=1S/C23H25BrN2O4.C22H23BrO6.C2H6.H4N2/c1-23(2,22(28)13-27)21-12-20(26(3)25-21)19-10-5-16(24)11-15(19)14-30-18-8-6-17(29-4)7-9-18;1-22(2,21(26)28-4)20(25)12-19(24)18-10-5-15(23)11-14(18)13-29-17-8-6-16(27-3)7-9-17;2*1-2/h5-12,27H,13-14H2,1-4H3;5-11H,12-13H2,1-4H3;1-2H3;1-2H2. The number of carbonyl (C=O) groups excluding carboxylic acids is 4. The van der Waals surface area contributed by atoms with Crippen LogP contribution < -0.4 is 30.6 Å². The van der Waals surface area contributed by atoms with Crippen molar-refractivity contribution in [2.45, 2.75) is 66.6 Å². The van der Waals surface area contributed by atoms with E-state index < -0.39 is 35.6 Å². The average Bonchev–Trinajstić information content (AvgIpc) is 3.70. The lowest BCUT2D eigenvalue weighted by Gasteiger charge is -2.19. The monoisotopic (exact) mass is 996 g/mol. The molecule has 0 aliphatic heterocycles. The highest BCUT2D eigenvalue weighted by Crippen LogP contribution is 2.32. The second-order valence-electron chi connectivity index (χ2n) is 14.4. The third-order valence-corrected chi connectivity index (χ3v) is 10.7. The Balaban J connectivity index is 0.000000402. The first kappa shape index (κ1) is 53.7. The smallest absolute Gasteiger partial charge is 0.318 e. The molecule has 1 aromatic heterocycles. The van der Waals surface area contributed by atoms with Crippen molar-refractivity contribution in [1.82, 2.24) is 9.78 Å². The molecule has 63 heavy (non-hydrogen) atoms. The van der Waals surface area contributed by atoms with Crippen LogP contribution in [0, 0.1) is 5.41 Å². The molecule has 5 aromatic rings. The highest BCUT2D eigenvalue weighted by atomic mass is 79.9. The van der Waals surface area contributed by atoms with Gasteiger partial charge >= 0.3 is 5.97 Å². The van der Waals surface area contributed by atoms with Gasteiger partial charge in [0.1, 0.15) is 48.2 Å². The molecule has 1 heterocycles. The highest BCUT2D eigenvalue weighted by Gasteiger charge is 2.38. The van der Waals surface area contributed by atoms with E-state index in [9.17, 15) is 24.3 Å². The number of aromatic nitrogens is 2. The number of ether oxygens (including phenoxy) is 5. The molecule has 14 nitrogen and oxygen atoms in total. The van der Waals surface area contributed by atoms with Crippen molar-refractivity contribution in [3.8, 4) is 34.3 Å². The maximum atomic E-state index is 12.8. The largest absolute Gasteiger partial charge is 0.497 e. The van der Waals surface area contributed by atoms with Crippen LogP contribution in [0.3, 0.4) is 0 Å². The molecule has 0 radical (unpaired) electrons. The first-order valence-corrected chi connectivity index (χ1v) is 21.3. The van der Waals surface area contributed by atoms with Crippen molar-refractivity contribution in [3.63, 3.8) is 0 Å². The van der Waals surface area contributed by atoms with Crippen LogP contribution in [0.4, 0.5) is 0 Å². The summed E-state index contributed by atoms with van der Waals surface area (Å²) >= 11 is 6.92.